The fourth-order valence-electron chi connectivity index (χ4n) is 1.51. The van der Waals surface area contributed by atoms with Crippen LogP contribution in [0.25, 0.3) is 0 Å². The van der Waals surface area contributed by atoms with Crippen LogP contribution in [0, 0.1) is 0 Å². The van der Waals surface area contributed by atoms with Gasteiger partial charge in [-0.15, -0.1) is 0 Å². The van der Waals surface area contributed by atoms with Gasteiger partial charge in [-0.2, -0.15) is 10.2 Å². The van der Waals surface area contributed by atoms with E-state index in [0.29, 0.717) is 22.5 Å². The van der Waals surface area contributed by atoms with Crippen molar-refractivity contribution in [2.45, 2.75) is 26.3 Å². The fourth-order valence-corrected chi connectivity index (χ4v) is 2.06. The Morgan fingerprint density at radius 1 is 1.58 bits per heavy atom. The normalized spacial score (nSPS) is 11.0. The molecular formula is C11H15BrN6O. The van der Waals surface area contributed by atoms with E-state index < -0.39 is 0 Å². The molecule has 0 unspecified atom stereocenters. The molecule has 2 aromatic rings. The highest BCUT2D eigenvalue weighted by Gasteiger charge is 2.15. The monoisotopic (exact) mass is 326 g/mol. The van der Waals surface area contributed by atoms with E-state index in [1.165, 1.54) is 0 Å². The van der Waals surface area contributed by atoms with E-state index in [0.717, 1.165) is 5.82 Å². The highest BCUT2D eigenvalue weighted by atomic mass is 79.9. The summed E-state index contributed by atoms with van der Waals surface area (Å²) in [6, 6.07) is 0. The molecule has 8 heteroatoms. The van der Waals surface area contributed by atoms with Crippen LogP contribution in [0.4, 0.5) is 0 Å². The van der Waals surface area contributed by atoms with Gasteiger partial charge in [0.15, 0.2) is 11.5 Å². The zero-order valence-corrected chi connectivity index (χ0v) is 12.5. The average molecular weight is 327 g/mol. The largest absolute Gasteiger partial charge is 0.343 e. The first-order valence-corrected chi connectivity index (χ1v) is 6.65. The summed E-state index contributed by atoms with van der Waals surface area (Å²) in [4.78, 5) is 16.2. The molecule has 0 aliphatic heterocycles. The quantitative estimate of drug-likeness (QED) is 0.887. The number of rotatable bonds is 4. The predicted molar refractivity (Wildman–Crippen MR) is 72.5 cm³/mol. The molecule has 19 heavy (non-hydrogen) atoms. The van der Waals surface area contributed by atoms with Crippen LogP contribution >= 0.6 is 15.9 Å². The molecule has 0 saturated carbocycles. The molecule has 1 amide bonds. The third-order valence-electron chi connectivity index (χ3n) is 2.48. The van der Waals surface area contributed by atoms with Crippen molar-refractivity contribution in [3.8, 4) is 0 Å². The first-order valence-electron chi connectivity index (χ1n) is 5.86. The molecule has 0 spiro atoms. The summed E-state index contributed by atoms with van der Waals surface area (Å²) in [5, 5.41) is 13.7. The van der Waals surface area contributed by atoms with Crippen LogP contribution in [-0.4, -0.2) is 30.9 Å². The topological polar surface area (TPSA) is 88.5 Å². The molecular weight excluding hydrogens is 312 g/mol. The van der Waals surface area contributed by atoms with Gasteiger partial charge in [0.05, 0.1) is 11.0 Å². The molecule has 7 nitrogen and oxygen atoms in total. The molecule has 0 radical (unpaired) electrons. The van der Waals surface area contributed by atoms with Gasteiger partial charge in [-0.3, -0.25) is 14.6 Å². The molecule has 2 aromatic heterocycles. The SMILES string of the molecule is CC(C)c1n[nH]c(CNC(=O)c2nn(C)cc2Br)n1. The molecule has 102 valence electrons. The van der Waals surface area contributed by atoms with Gasteiger partial charge in [-0.25, -0.2) is 4.98 Å². The van der Waals surface area contributed by atoms with Gasteiger partial charge in [0, 0.05) is 19.2 Å². The van der Waals surface area contributed by atoms with Crippen molar-refractivity contribution in [2.24, 2.45) is 7.05 Å². The van der Waals surface area contributed by atoms with Crippen LogP contribution in [0.2, 0.25) is 0 Å². The molecule has 0 aliphatic rings. The lowest BCUT2D eigenvalue weighted by Crippen LogP contribution is -2.24. The number of aromatic amines is 1. The maximum Gasteiger partial charge on any atom is 0.273 e. The van der Waals surface area contributed by atoms with Gasteiger partial charge in [-0.05, 0) is 15.9 Å². The molecule has 0 fully saturated rings. The Labute approximate surface area is 118 Å². The second-order valence-electron chi connectivity index (χ2n) is 4.48. The number of carbonyl (C=O) groups excluding carboxylic acids is 1. The van der Waals surface area contributed by atoms with Crippen LogP contribution in [0.5, 0.6) is 0 Å². The van der Waals surface area contributed by atoms with Crippen molar-refractivity contribution in [3.05, 3.63) is 28.0 Å². The third-order valence-corrected chi connectivity index (χ3v) is 3.06. The van der Waals surface area contributed by atoms with Crippen LogP contribution in [0.3, 0.4) is 0 Å². The molecule has 0 bridgehead atoms. The standard InChI is InChI=1S/C11H15BrN6O/c1-6(2)10-14-8(15-16-10)4-13-11(19)9-7(12)5-18(3)17-9/h5-6H,4H2,1-3H3,(H,13,19)(H,14,15,16). The highest BCUT2D eigenvalue weighted by Crippen LogP contribution is 2.14. The van der Waals surface area contributed by atoms with Crippen molar-refractivity contribution in [1.82, 2.24) is 30.3 Å². The van der Waals surface area contributed by atoms with E-state index in [1.807, 2.05) is 13.8 Å². The summed E-state index contributed by atoms with van der Waals surface area (Å²) in [6.07, 6.45) is 1.72. The number of H-pyrrole nitrogens is 1. The first kappa shape index (κ1) is 13.7. The number of hydrogen-bond donors (Lipinski definition) is 2. The van der Waals surface area contributed by atoms with E-state index in [9.17, 15) is 4.79 Å². The van der Waals surface area contributed by atoms with E-state index in [2.05, 4.69) is 41.5 Å². The fraction of sp³-hybridized carbons (Fsp3) is 0.455. The Hall–Kier alpha value is -1.70. The minimum Gasteiger partial charge on any atom is -0.343 e. The van der Waals surface area contributed by atoms with Crippen LogP contribution in [0.15, 0.2) is 10.7 Å². The third kappa shape index (κ3) is 3.19. The number of nitrogens with zero attached hydrogens (tertiary/aromatic N) is 4. The lowest BCUT2D eigenvalue weighted by Gasteiger charge is -2.00. The molecule has 2 heterocycles. The lowest BCUT2D eigenvalue weighted by atomic mass is 10.2. The molecule has 0 saturated heterocycles. The van der Waals surface area contributed by atoms with Crippen LogP contribution in [0.1, 0.15) is 41.9 Å². The number of aromatic nitrogens is 5. The molecule has 0 aliphatic carbocycles. The maximum absolute atomic E-state index is 11.9. The predicted octanol–water partition coefficient (Wildman–Crippen LogP) is 1.35. The van der Waals surface area contributed by atoms with E-state index in [4.69, 9.17) is 0 Å². The van der Waals surface area contributed by atoms with Crippen molar-refractivity contribution < 1.29 is 4.79 Å². The highest BCUT2D eigenvalue weighted by molar-refractivity contribution is 9.10. The zero-order valence-electron chi connectivity index (χ0n) is 10.9. The number of halogens is 1. The van der Waals surface area contributed by atoms with Gasteiger partial charge in [0.2, 0.25) is 0 Å². The first-order chi connectivity index (χ1) is 8.97. The van der Waals surface area contributed by atoms with E-state index >= 15 is 0 Å². The summed E-state index contributed by atoms with van der Waals surface area (Å²) in [6.45, 7) is 4.31. The number of hydrogen-bond acceptors (Lipinski definition) is 4. The van der Waals surface area contributed by atoms with Gasteiger partial charge >= 0.3 is 0 Å². The maximum atomic E-state index is 11.9. The Morgan fingerprint density at radius 2 is 2.32 bits per heavy atom. The molecule has 0 atom stereocenters. The minimum atomic E-state index is -0.255. The van der Waals surface area contributed by atoms with Crippen molar-refractivity contribution >= 4 is 21.8 Å². The van der Waals surface area contributed by atoms with Crippen LogP contribution in [-0.2, 0) is 13.6 Å². The second-order valence-corrected chi connectivity index (χ2v) is 5.33. The number of amides is 1. The van der Waals surface area contributed by atoms with Crippen molar-refractivity contribution in [2.75, 3.05) is 0 Å². The van der Waals surface area contributed by atoms with Gasteiger partial charge in [0.1, 0.15) is 5.82 Å². The molecule has 2 N–H and O–H groups in total. The second kappa shape index (κ2) is 5.52. The smallest absolute Gasteiger partial charge is 0.273 e. The Balaban J connectivity index is 1.98. The Bertz CT molecular complexity index is 588. The minimum absolute atomic E-state index is 0.255. The summed E-state index contributed by atoms with van der Waals surface area (Å²) in [5.41, 5.74) is 0.353. The number of aryl methyl sites for hydroxylation is 1. The average Bonchev–Trinajstić information content (AvgIpc) is 2.93. The van der Waals surface area contributed by atoms with Crippen molar-refractivity contribution in [1.29, 1.82) is 0 Å². The Kier molecular flexibility index (Phi) is 3.98. The number of carbonyl (C=O) groups is 1. The summed E-state index contributed by atoms with van der Waals surface area (Å²) < 4.78 is 2.23. The summed E-state index contributed by atoms with van der Waals surface area (Å²) >= 11 is 3.29. The Morgan fingerprint density at radius 3 is 2.84 bits per heavy atom. The lowest BCUT2D eigenvalue weighted by molar-refractivity contribution is 0.0943. The summed E-state index contributed by atoms with van der Waals surface area (Å²) in [7, 11) is 1.76. The van der Waals surface area contributed by atoms with Gasteiger partial charge < -0.3 is 5.32 Å². The van der Waals surface area contributed by atoms with Crippen molar-refractivity contribution in [3.63, 3.8) is 0 Å². The summed E-state index contributed by atoms with van der Waals surface area (Å²) in [5.74, 6) is 1.37. The molecule has 2 rings (SSSR count). The number of nitrogens with one attached hydrogen (secondary N) is 2. The molecule has 0 aromatic carbocycles. The zero-order chi connectivity index (χ0) is 14.0. The van der Waals surface area contributed by atoms with Gasteiger partial charge in [-0.1, -0.05) is 13.8 Å². The van der Waals surface area contributed by atoms with E-state index in [1.54, 1.807) is 17.9 Å². The van der Waals surface area contributed by atoms with E-state index in [-0.39, 0.29) is 11.8 Å². The van der Waals surface area contributed by atoms with Crippen LogP contribution < -0.4 is 5.32 Å². The van der Waals surface area contributed by atoms with Gasteiger partial charge in [0.25, 0.3) is 5.91 Å².